The molecule has 0 aliphatic carbocycles. The highest BCUT2D eigenvalue weighted by Crippen LogP contribution is 1.92. The van der Waals surface area contributed by atoms with Crippen LogP contribution in [0.2, 0.25) is 0 Å². The summed E-state index contributed by atoms with van der Waals surface area (Å²) in [6, 6.07) is 0. The van der Waals surface area contributed by atoms with Gasteiger partial charge in [-0.25, -0.2) is 4.99 Å². The van der Waals surface area contributed by atoms with Crippen molar-refractivity contribution < 1.29 is 4.99 Å². The van der Waals surface area contributed by atoms with E-state index in [-0.39, 0.29) is 0 Å². The van der Waals surface area contributed by atoms with Crippen molar-refractivity contribution in [3.05, 3.63) is 12.7 Å². The Kier molecular flexibility index (Phi) is 5.56. The summed E-state index contributed by atoms with van der Waals surface area (Å²) in [5.74, 6) is 5.59. The van der Waals surface area contributed by atoms with Gasteiger partial charge in [0.15, 0.2) is 0 Å². The molecule has 10 heavy (non-hydrogen) atoms. The Morgan fingerprint density at radius 3 is 3.00 bits per heavy atom. The zero-order chi connectivity index (χ0) is 7.82. The number of hydrogen-bond donors (Lipinski definition) is 3. The number of rotatable bonds is 3. The molecule has 0 saturated carbocycles. The van der Waals surface area contributed by atoms with E-state index in [1.54, 1.807) is 6.08 Å². The van der Waals surface area contributed by atoms with Gasteiger partial charge in [-0.15, -0.1) is 6.58 Å². The average molecular weight is 159 g/mol. The monoisotopic (exact) mass is 159 g/mol. The van der Waals surface area contributed by atoms with E-state index in [1.165, 1.54) is 18.1 Å². The average Bonchev–Trinajstić information content (AvgIpc) is 1.97. The second kappa shape index (κ2) is 6.15. The third kappa shape index (κ3) is 5.17. The molecule has 4 nitrogen and oxygen atoms in total. The minimum absolute atomic E-state index is 0.564. The van der Waals surface area contributed by atoms with Crippen LogP contribution < -0.4 is 16.6 Å². The van der Waals surface area contributed by atoms with Crippen LogP contribution in [0.15, 0.2) is 17.8 Å². The summed E-state index contributed by atoms with van der Waals surface area (Å²) in [5.41, 5.74) is 5.42. The molecule has 0 saturated heterocycles. The standard InChI is InChI=1S/C5H10N4S/c1-2-3-10-5(6)8-4-9-7/h2,4H,1,3,7H2,(H2,6,8,9)/p+1. The van der Waals surface area contributed by atoms with Gasteiger partial charge in [0, 0.05) is 5.75 Å². The Morgan fingerprint density at radius 1 is 1.80 bits per heavy atom. The van der Waals surface area contributed by atoms with E-state index in [4.69, 9.17) is 11.6 Å². The van der Waals surface area contributed by atoms with Crippen LogP contribution >= 0.6 is 11.8 Å². The maximum atomic E-state index is 5.42. The van der Waals surface area contributed by atoms with Crippen molar-refractivity contribution in [1.82, 2.24) is 0 Å². The predicted octanol–water partition coefficient (Wildman–Crippen LogP) is -1.80. The van der Waals surface area contributed by atoms with Gasteiger partial charge in [0.25, 0.3) is 5.17 Å². The van der Waals surface area contributed by atoms with Crippen molar-refractivity contribution >= 4 is 23.3 Å². The van der Waals surface area contributed by atoms with Gasteiger partial charge in [-0.1, -0.05) is 17.8 Å². The maximum Gasteiger partial charge on any atom is 0.253 e. The van der Waals surface area contributed by atoms with Crippen molar-refractivity contribution in [2.24, 2.45) is 16.7 Å². The van der Waals surface area contributed by atoms with Crippen LogP contribution in [0.1, 0.15) is 0 Å². The number of nitrogens with zero attached hydrogens (tertiary/aromatic N) is 1. The molecule has 0 aromatic carbocycles. The highest BCUT2D eigenvalue weighted by Gasteiger charge is 1.91. The lowest BCUT2D eigenvalue weighted by atomic mass is 10.8. The Balaban J connectivity index is 3.59. The molecule has 0 atom stereocenters. The predicted molar refractivity (Wildman–Crippen MR) is 45.5 cm³/mol. The van der Waals surface area contributed by atoms with Gasteiger partial charge >= 0.3 is 0 Å². The molecular weight excluding hydrogens is 148 g/mol. The van der Waals surface area contributed by atoms with Gasteiger partial charge in [0.1, 0.15) is 0 Å². The summed E-state index contributed by atoms with van der Waals surface area (Å²) >= 11 is 1.43. The lowest BCUT2D eigenvalue weighted by molar-refractivity contribution is -0.301. The lowest BCUT2D eigenvalue weighted by Gasteiger charge is -1.87. The highest BCUT2D eigenvalue weighted by molar-refractivity contribution is 8.13. The summed E-state index contributed by atoms with van der Waals surface area (Å²) in [7, 11) is 0. The molecule has 0 unspecified atom stereocenters. The van der Waals surface area contributed by atoms with Crippen molar-refractivity contribution in [2.45, 2.75) is 0 Å². The lowest BCUT2D eigenvalue weighted by Crippen LogP contribution is -2.73. The fourth-order valence-electron chi connectivity index (χ4n) is 0.291. The number of thioether (sulfide) groups is 1. The second-order valence-electron chi connectivity index (χ2n) is 1.39. The first-order valence-electron chi connectivity index (χ1n) is 2.65. The van der Waals surface area contributed by atoms with E-state index in [0.29, 0.717) is 5.17 Å². The first kappa shape index (κ1) is 9.03. The van der Waals surface area contributed by atoms with Gasteiger partial charge in [0.2, 0.25) is 6.34 Å². The van der Waals surface area contributed by atoms with Crippen LogP contribution in [0.5, 0.6) is 0 Å². The van der Waals surface area contributed by atoms with Gasteiger partial charge in [0.05, 0.1) is 0 Å². The van der Waals surface area contributed by atoms with Gasteiger partial charge in [-0.3, -0.25) is 5.84 Å². The molecule has 5 N–H and O–H groups in total. The fourth-order valence-corrected chi connectivity index (χ4v) is 0.725. The Labute approximate surface area is 64.1 Å². The number of amidine groups is 1. The summed E-state index contributed by atoms with van der Waals surface area (Å²) < 4.78 is 0. The van der Waals surface area contributed by atoms with E-state index < -0.39 is 0 Å². The zero-order valence-corrected chi connectivity index (χ0v) is 6.40. The molecule has 0 aliphatic rings. The summed E-state index contributed by atoms with van der Waals surface area (Å²) in [6.07, 6.45) is 3.09. The van der Waals surface area contributed by atoms with Crippen LogP contribution in [-0.4, -0.2) is 17.3 Å². The third-order valence-corrected chi connectivity index (χ3v) is 1.47. The SMILES string of the molecule is C=CCSC(N)=[NH+]/C=N/N. The fraction of sp³-hybridized carbons (Fsp3) is 0.200. The van der Waals surface area contributed by atoms with Crippen molar-refractivity contribution in [3.63, 3.8) is 0 Å². The highest BCUT2D eigenvalue weighted by atomic mass is 32.2. The number of hydrazone groups is 1. The molecule has 0 aromatic heterocycles. The van der Waals surface area contributed by atoms with Crippen LogP contribution in [0.3, 0.4) is 0 Å². The smallest absolute Gasteiger partial charge is 0.253 e. The number of nitrogens with two attached hydrogens (primary N) is 2. The van der Waals surface area contributed by atoms with Crippen molar-refractivity contribution in [3.8, 4) is 0 Å². The molecule has 0 amide bonds. The summed E-state index contributed by atoms with van der Waals surface area (Å²) in [6.45, 7) is 3.54. The van der Waals surface area contributed by atoms with Gasteiger partial charge < -0.3 is 5.73 Å². The molecule has 0 aliphatic heterocycles. The maximum absolute atomic E-state index is 5.42. The molecule has 0 bridgehead atoms. The molecule has 0 heterocycles. The van der Waals surface area contributed by atoms with Crippen LogP contribution in [0, 0.1) is 0 Å². The minimum atomic E-state index is 0.564. The molecule has 0 spiro atoms. The molecular formula is C5H11N4S+. The number of nitrogens with one attached hydrogen (secondary N) is 1. The second-order valence-corrected chi connectivity index (χ2v) is 2.45. The van der Waals surface area contributed by atoms with Crippen LogP contribution in [0.25, 0.3) is 0 Å². The molecule has 0 fully saturated rings. The normalized spacial score (nSPS) is 12.2. The first-order valence-corrected chi connectivity index (χ1v) is 3.64. The van der Waals surface area contributed by atoms with E-state index in [2.05, 4.69) is 16.7 Å². The van der Waals surface area contributed by atoms with Gasteiger partial charge in [-0.2, -0.15) is 0 Å². The molecule has 0 aromatic rings. The van der Waals surface area contributed by atoms with E-state index >= 15 is 0 Å². The Morgan fingerprint density at radius 2 is 2.50 bits per heavy atom. The van der Waals surface area contributed by atoms with Crippen molar-refractivity contribution in [2.75, 3.05) is 5.75 Å². The molecule has 0 radical (unpaired) electrons. The topological polar surface area (TPSA) is 78.4 Å². The van der Waals surface area contributed by atoms with E-state index in [9.17, 15) is 0 Å². The Hall–Kier alpha value is -0.970. The summed E-state index contributed by atoms with van der Waals surface area (Å²) in [5, 5.41) is 3.77. The quantitative estimate of drug-likeness (QED) is 0.149. The van der Waals surface area contributed by atoms with E-state index in [0.717, 1.165) is 5.75 Å². The third-order valence-electron chi connectivity index (χ3n) is 0.638. The molecule has 56 valence electrons. The number of hydrogen-bond acceptors (Lipinski definition) is 3. The van der Waals surface area contributed by atoms with Gasteiger partial charge in [-0.05, 0) is 5.10 Å². The van der Waals surface area contributed by atoms with E-state index in [1.807, 2.05) is 0 Å². The Bertz CT molecular complexity index is 152. The molecule has 0 rings (SSSR count). The largest absolute Gasteiger partial charge is 0.313 e. The molecule has 5 heteroatoms. The first-order chi connectivity index (χ1) is 4.81. The van der Waals surface area contributed by atoms with Crippen molar-refractivity contribution in [1.29, 1.82) is 0 Å². The van der Waals surface area contributed by atoms with Crippen LogP contribution in [-0.2, 0) is 0 Å². The zero-order valence-electron chi connectivity index (χ0n) is 5.58. The summed E-state index contributed by atoms with van der Waals surface area (Å²) in [4.78, 5) is 2.66. The minimum Gasteiger partial charge on any atom is -0.313 e. The van der Waals surface area contributed by atoms with Crippen LogP contribution in [0.4, 0.5) is 0 Å².